The van der Waals surface area contributed by atoms with Crippen LogP contribution in [0.1, 0.15) is 17.5 Å². The van der Waals surface area contributed by atoms with Gasteiger partial charge in [0.05, 0.1) is 25.4 Å². The smallest absolute Gasteiger partial charge is 0.113 e. The molecule has 2 aliphatic rings. The highest BCUT2D eigenvalue weighted by Gasteiger charge is 2.57. The summed E-state index contributed by atoms with van der Waals surface area (Å²) in [6.45, 7) is 1.28. The monoisotopic (exact) mass is 296 g/mol. The third kappa shape index (κ3) is 3.07. The van der Waals surface area contributed by atoms with Crippen molar-refractivity contribution in [2.75, 3.05) is 0 Å². The Bertz CT molecular complexity index is 545. The minimum Gasteiger partial charge on any atom is -0.371 e. The van der Waals surface area contributed by atoms with Crippen LogP contribution in [-0.4, -0.2) is 24.4 Å². The van der Waals surface area contributed by atoms with Crippen molar-refractivity contribution in [3.05, 3.63) is 71.8 Å². The zero-order valence-electron chi connectivity index (χ0n) is 12.4. The molecular weight excluding hydrogens is 276 g/mol. The predicted molar refractivity (Wildman–Crippen MR) is 83.3 cm³/mol. The molecule has 1 aliphatic heterocycles. The van der Waals surface area contributed by atoms with Gasteiger partial charge in [0.1, 0.15) is 12.2 Å². The Kier molecular flexibility index (Phi) is 3.94. The van der Waals surface area contributed by atoms with E-state index in [2.05, 4.69) is 24.3 Å². The van der Waals surface area contributed by atoms with Gasteiger partial charge >= 0.3 is 0 Å². The molecule has 114 valence electrons. The van der Waals surface area contributed by atoms with Crippen molar-refractivity contribution >= 4 is 0 Å². The topological polar surface area (TPSA) is 31.0 Å². The summed E-state index contributed by atoms with van der Waals surface area (Å²) in [5, 5.41) is 0. The van der Waals surface area contributed by atoms with Gasteiger partial charge in [-0.3, -0.25) is 0 Å². The van der Waals surface area contributed by atoms with Crippen LogP contribution in [0.2, 0.25) is 0 Å². The molecule has 2 fully saturated rings. The first-order chi connectivity index (χ1) is 10.9. The zero-order chi connectivity index (χ0) is 14.8. The van der Waals surface area contributed by atoms with E-state index in [9.17, 15) is 0 Å². The first-order valence-electron chi connectivity index (χ1n) is 7.87. The summed E-state index contributed by atoms with van der Waals surface area (Å²) in [4.78, 5) is 0. The highest BCUT2D eigenvalue weighted by molar-refractivity contribution is 5.15. The molecule has 0 amide bonds. The Labute approximate surface area is 130 Å². The third-order valence-electron chi connectivity index (χ3n) is 4.37. The van der Waals surface area contributed by atoms with Crippen LogP contribution in [0, 0.1) is 0 Å². The largest absolute Gasteiger partial charge is 0.371 e. The van der Waals surface area contributed by atoms with Crippen LogP contribution in [-0.2, 0) is 27.4 Å². The quantitative estimate of drug-likeness (QED) is 0.766. The Balaban J connectivity index is 1.27. The van der Waals surface area contributed by atoms with Gasteiger partial charge in [-0.15, -0.1) is 0 Å². The van der Waals surface area contributed by atoms with E-state index in [1.165, 1.54) is 11.1 Å². The minimum atomic E-state index is 0.158. The van der Waals surface area contributed by atoms with Crippen molar-refractivity contribution in [3.63, 3.8) is 0 Å². The van der Waals surface area contributed by atoms with Gasteiger partial charge in [-0.1, -0.05) is 60.7 Å². The molecule has 4 atom stereocenters. The van der Waals surface area contributed by atoms with Gasteiger partial charge in [0.2, 0.25) is 0 Å². The Hall–Kier alpha value is -1.68. The van der Waals surface area contributed by atoms with E-state index in [1.807, 2.05) is 36.4 Å². The molecule has 2 aromatic carbocycles. The average Bonchev–Trinajstić information content (AvgIpc) is 3.30. The fourth-order valence-corrected chi connectivity index (χ4v) is 3.11. The molecule has 22 heavy (non-hydrogen) atoms. The Morgan fingerprint density at radius 1 is 0.727 bits per heavy atom. The molecule has 0 bridgehead atoms. The fourth-order valence-electron chi connectivity index (χ4n) is 3.11. The van der Waals surface area contributed by atoms with E-state index < -0.39 is 0 Å². The average molecular weight is 296 g/mol. The van der Waals surface area contributed by atoms with Gasteiger partial charge in [0.25, 0.3) is 0 Å². The summed E-state index contributed by atoms with van der Waals surface area (Å²) in [7, 11) is 0. The lowest BCUT2D eigenvalue weighted by atomic mass is 10.2. The minimum absolute atomic E-state index is 0.158. The van der Waals surface area contributed by atoms with E-state index in [1.54, 1.807) is 0 Å². The van der Waals surface area contributed by atoms with E-state index in [0.717, 1.165) is 6.42 Å². The number of hydrogen-bond acceptors (Lipinski definition) is 3. The summed E-state index contributed by atoms with van der Waals surface area (Å²) in [6.07, 6.45) is 1.69. The number of rotatable bonds is 6. The molecule has 3 nitrogen and oxygen atoms in total. The van der Waals surface area contributed by atoms with Crippen molar-refractivity contribution in [3.8, 4) is 0 Å². The fraction of sp³-hybridized carbons (Fsp3) is 0.368. The lowest BCUT2D eigenvalue weighted by molar-refractivity contribution is -0.0402. The number of fused-ring (bicyclic) bond motifs is 1. The molecule has 0 unspecified atom stereocenters. The molecule has 0 spiro atoms. The maximum Gasteiger partial charge on any atom is 0.113 e. The molecule has 2 aromatic rings. The summed E-state index contributed by atoms with van der Waals surface area (Å²) in [5.74, 6) is 0. The molecule has 1 saturated carbocycles. The van der Waals surface area contributed by atoms with Crippen molar-refractivity contribution in [2.45, 2.75) is 44.1 Å². The molecule has 1 aliphatic carbocycles. The molecule has 4 rings (SSSR count). The van der Waals surface area contributed by atoms with E-state index in [0.29, 0.717) is 13.2 Å². The van der Waals surface area contributed by atoms with Gasteiger partial charge in [-0.25, -0.2) is 0 Å². The predicted octanol–water partition coefficient (Wildman–Crippen LogP) is 3.33. The van der Waals surface area contributed by atoms with Gasteiger partial charge in [-0.05, 0) is 11.1 Å². The van der Waals surface area contributed by atoms with Crippen LogP contribution in [0.3, 0.4) is 0 Å². The first-order valence-corrected chi connectivity index (χ1v) is 7.87. The van der Waals surface area contributed by atoms with Crippen LogP contribution in [0.25, 0.3) is 0 Å². The molecule has 0 radical (unpaired) electrons. The normalized spacial score (nSPS) is 29.3. The maximum absolute atomic E-state index is 6.02. The summed E-state index contributed by atoms with van der Waals surface area (Å²) < 4.78 is 17.7. The maximum atomic E-state index is 6.02. The molecule has 0 N–H and O–H groups in total. The molecule has 1 saturated heterocycles. The second kappa shape index (κ2) is 6.21. The van der Waals surface area contributed by atoms with Gasteiger partial charge < -0.3 is 14.2 Å². The number of benzene rings is 2. The number of ether oxygens (including phenoxy) is 3. The molecule has 1 heterocycles. The molecule has 0 aromatic heterocycles. The van der Waals surface area contributed by atoms with Crippen molar-refractivity contribution < 1.29 is 14.2 Å². The van der Waals surface area contributed by atoms with Crippen LogP contribution in [0.15, 0.2) is 60.7 Å². The van der Waals surface area contributed by atoms with E-state index in [-0.39, 0.29) is 24.4 Å². The summed E-state index contributed by atoms with van der Waals surface area (Å²) in [6, 6.07) is 20.5. The Morgan fingerprint density at radius 2 is 1.18 bits per heavy atom. The summed E-state index contributed by atoms with van der Waals surface area (Å²) in [5.41, 5.74) is 2.40. The third-order valence-corrected chi connectivity index (χ3v) is 4.37. The highest BCUT2D eigenvalue weighted by atomic mass is 16.7. The summed E-state index contributed by atoms with van der Waals surface area (Å²) >= 11 is 0. The van der Waals surface area contributed by atoms with Crippen LogP contribution < -0.4 is 0 Å². The van der Waals surface area contributed by atoms with Crippen LogP contribution in [0.4, 0.5) is 0 Å². The SMILES string of the molecule is c1ccc(CO[C@H]2C[C@@H](OCc3ccccc3)[C@@H]3O[C@@H]32)cc1. The zero-order valence-corrected chi connectivity index (χ0v) is 12.4. The number of hydrogen-bond donors (Lipinski definition) is 0. The second-order valence-corrected chi connectivity index (χ2v) is 5.97. The van der Waals surface area contributed by atoms with Crippen molar-refractivity contribution in [1.29, 1.82) is 0 Å². The van der Waals surface area contributed by atoms with Gasteiger partial charge in [0.15, 0.2) is 0 Å². The van der Waals surface area contributed by atoms with Crippen LogP contribution in [0.5, 0.6) is 0 Å². The first kappa shape index (κ1) is 13.9. The lowest BCUT2D eigenvalue weighted by Gasteiger charge is -2.17. The van der Waals surface area contributed by atoms with E-state index in [4.69, 9.17) is 14.2 Å². The van der Waals surface area contributed by atoms with Crippen molar-refractivity contribution in [1.82, 2.24) is 0 Å². The van der Waals surface area contributed by atoms with Crippen LogP contribution >= 0.6 is 0 Å². The van der Waals surface area contributed by atoms with Crippen molar-refractivity contribution in [2.24, 2.45) is 0 Å². The van der Waals surface area contributed by atoms with Gasteiger partial charge in [0, 0.05) is 6.42 Å². The standard InChI is InChI=1S/C19H20O3/c1-3-7-14(8-4-1)12-20-16-11-17(19-18(16)22-19)21-13-15-9-5-2-6-10-15/h1-10,16-19H,11-13H2/t16-,17+,18+,19-. The lowest BCUT2D eigenvalue weighted by Crippen LogP contribution is -2.21. The van der Waals surface area contributed by atoms with E-state index >= 15 is 0 Å². The Morgan fingerprint density at radius 3 is 1.64 bits per heavy atom. The second-order valence-electron chi connectivity index (χ2n) is 5.97. The number of epoxide rings is 1. The molecule has 3 heteroatoms. The molecular formula is C19H20O3. The highest BCUT2D eigenvalue weighted by Crippen LogP contribution is 2.42. The van der Waals surface area contributed by atoms with Gasteiger partial charge in [-0.2, -0.15) is 0 Å².